The lowest BCUT2D eigenvalue weighted by Gasteiger charge is -2.22. The van der Waals surface area contributed by atoms with E-state index in [1.807, 2.05) is 0 Å². The molecule has 2 unspecified atom stereocenters. The quantitative estimate of drug-likeness (QED) is 0.725. The third-order valence-corrected chi connectivity index (χ3v) is 3.55. The van der Waals surface area contributed by atoms with E-state index in [1.54, 1.807) is 0 Å². The molecule has 1 fully saturated rings. The minimum absolute atomic E-state index is 0.0416. The SMILES string of the molecule is CC(C)CC(Cl)CNC(=O)CCC1CCCCO1. The molecule has 1 heterocycles. The number of amides is 1. The van der Waals surface area contributed by atoms with E-state index in [-0.39, 0.29) is 17.4 Å². The molecule has 4 heteroatoms. The van der Waals surface area contributed by atoms with Crippen LogP contribution in [0.15, 0.2) is 0 Å². The Morgan fingerprint density at radius 2 is 2.22 bits per heavy atom. The zero-order chi connectivity index (χ0) is 13.4. The van der Waals surface area contributed by atoms with Crippen LogP contribution in [0, 0.1) is 5.92 Å². The Kier molecular flexibility index (Phi) is 7.68. The van der Waals surface area contributed by atoms with Gasteiger partial charge in [-0.2, -0.15) is 0 Å². The molecule has 2 atom stereocenters. The zero-order valence-corrected chi connectivity index (χ0v) is 12.3. The molecule has 1 aliphatic rings. The lowest BCUT2D eigenvalue weighted by molar-refractivity contribution is -0.122. The van der Waals surface area contributed by atoms with Gasteiger partial charge >= 0.3 is 0 Å². The van der Waals surface area contributed by atoms with Gasteiger partial charge in [0.25, 0.3) is 0 Å². The van der Waals surface area contributed by atoms with E-state index in [0.717, 1.165) is 32.3 Å². The lowest BCUT2D eigenvalue weighted by atomic mass is 10.0. The van der Waals surface area contributed by atoms with E-state index in [4.69, 9.17) is 16.3 Å². The van der Waals surface area contributed by atoms with Crippen LogP contribution in [0.3, 0.4) is 0 Å². The minimum Gasteiger partial charge on any atom is -0.378 e. The predicted molar refractivity (Wildman–Crippen MR) is 74.9 cm³/mol. The van der Waals surface area contributed by atoms with Crippen molar-refractivity contribution in [3.63, 3.8) is 0 Å². The van der Waals surface area contributed by atoms with E-state index >= 15 is 0 Å². The molecular weight excluding hydrogens is 250 g/mol. The first-order valence-corrected chi connectivity index (χ1v) is 7.54. The molecule has 18 heavy (non-hydrogen) atoms. The average Bonchev–Trinajstić information content (AvgIpc) is 2.34. The van der Waals surface area contributed by atoms with Crippen LogP contribution in [0.4, 0.5) is 0 Å². The van der Waals surface area contributed by atoms with E-state index < -0.39 is 0 Å². The van der Waals surface area contributed by atoms with Crippen LogP contribution < -0.4 is 5.32 Å². The largest absolute Gasteiger partial charge is 0.378 e. The summed E-state index contributed by atoms with van der Waals surface area (Å²) in [6.45, 7) is 5.70. The van der Waals surface area contributed by atoms with Gasteiger partial charge in [-0.05, 0) is 38.0 Å². The van der Waals surface area contributed by atoms with Gasteiger partial charge in [0, 0.05) is 19.6 Å². The number of ether oxygens (including phenoxy) is 1. The standard InChI is InChI=1S/C14H26ClNO2/c1-11(2)9-12(15)10-16-14(17)7-6-13-5-3-4-8-18-13/h11-13H,3-10H2,1-2H3,(H,16,17). The fourth-order valence-electron chi connectivity index (χ4n) is 2.23. The van der Waals surface area contributed by atoms with Gasteiger partial charge in [-0.15, -0.1) is 11.6 Å². The number of rotatable bonds is 7. The molecule has 0 radical (unpaired) electrons. The van der Waals surface area contributed by atoms with Crippen molar-refractivity contribution in [1.29, 1.82) is 0 Å². The van der Waals surface area contributed by atoms with Crippen LogP contribution >= 0.6 is 11.6 Å². The van der Waals surface area contributed by atoms with Gasteiger partial charge in [-0.1, -0.05) is 13.8 Å². The number of hydrogen-bond donors (Lipinski definition) is 1. The molecular formula is C14H26ClNO2. The first kappa shape index (κ1) is 15.8. The second kappa shape index (κ2) is 8.76. The number of nitrogens with one attached hydrogen (secondary N) is 1. The summed E-state index contributed by atoms with van der Waals surface area (Å²) < 4.78 is 5.60. The summed E-state index contributed by atoms with van der Waals surface area (Å²) >= 11 is 6.13. The first-order chi connectivity index (χ1) is 8.58. The molecule has 3 nitrogen and oxygen atoms in total. The van der Waals surface area contributed by atoms with Gasteiger partial charge in [0.2, 0.25) is 5.91 Å². The van der Waals surface area contributed by atoms with Gasteiger partial charge in [0.05, 0.1) is 11.5 Å². The number of carbonyl (C=O) groups excluding carboxylic acids is 1. The zero-order valence-electron chi connectivity index (χ0n) is 11.6. The summed E-state index contributed by atoms with van der Waals surface area (Å²) in [5.74, 6) is 0.665. The third-order valence-electron chi connectivity index (χ3n) is 3.22. The molecule has 0 aliphatic carbocycles. The van der Waals surface area contributed by atoms with Crippen molar-refractivity contribution in [1.82, 2.24) is 5.32 Å². The van der Waals surface area contributed by atoms with E-state index in [9.17, 15) is 4.79 Å². The molecule has 0 aromatic rings. The Balaban J connectivity index is 2.06. The van der Waals surface area contributed by atoms with Crippen molar-refractivity contribution in [2.75, 3.05) is 13.2 Å². The fraction of sp³-hybridized carbons (Fsp3) is 0.929. The number of carbonyl (C=O) groups is 1. The molecule has 1 amide bonds. The summed E-state index contributed by atoms with van der Waals surface area (Å²) in [5, 5.41) is 2.94. The fourth-order valence-corrected chi connectivity index (χ4v) is 2.67. The van der Waals surface area contributed by atoms with Crippen molar-refractivity contribution in [3.8, 4) is 0 Å². The number of halogens is 1. The molecule has 0 bridgehead atoms. The monoisotopic (exact) mass is 275 g/mol. The molecule has 1 saturated heterocycles. The topological polar surface area (TPSA) is 38.3 Å². The van der Waals surface area contributed by atoms with Crippen molar-refractivity contribution < 1.29 is 9.53 Å². The highest BCUT2D eigenvalue weighted by Gasteiger charge is 2.15. The highest BCUT2D eigenvalue weighted by atomic mass is 35.5. The third kappa shape index (κ3) is 7.22. The highest BCUT2D eigenvalue weighted by Crippen LogP contribution is 2.16. The molecule has 1 rings (SSSR count). The predicted octanol–water partition coefficient (Wildman–Crippen LogP) is 3.11. The molecule has 106 valence electrons. The van der Waals surface area contributed by atoms with Crippen molar-refractivity contribution in [2.45, 2.75) is 63.9 Å². The first-order valence-electron chi connectivity index (χ1n) is 7.10. The van der Waals surface area contributed by atoms with E-state index in [0.29, 0.717) is 18.9 Å². The second-order valence-electron chi connectivity index (χ2n) is 5.56. The molecule has 1 aliphatic heterocycles. The van der Waals surface area contributed by atoms with Crippen molar-refractivity contribution >= 4 is 17.5 Å². The Morgan fingerprint density at radius 3 is 2.83 bits per heavy atom. The van der Waals surface area contributed by atoms with Crippen LogP contribution in [0.1, 0.15) is 52.4 Å². The maximum Gasteiger partial charge on any atom is 0.220 e. The smallest absolute Gasteiger partial charge is 0.220 e. The summed E-state index contributed by atoms with van der Waals surface area (Å²) in [5.41, 5.74) is 0. The van der Waals surface area contributed by atoms with Crippen LogP contribution in [-0.2, 0) is 9.53 Å². The Hall–Kier alpha value is -0.280. The van der Waals surface area contributed by atoms with Gasteiger partial charge < -0.3 is 10.1 Å². The van der Waals surface area contributed by atoms with Crippen LogP contribution in [0.25, 0.3) is 0 Å². The summed E-state index contributed by atoms with van der Waals surface area (Å²) in [6, 6.07) is 0. The van der Waals surface area contributed by atoms with Crippen LogP contribution in [0.5, 0.6) is 0 Å². The molecule has 0 saturated carbocycles. The second-order valence-corrected chi connectivity index (χ2v) is 6.18. The minimum atomic E-state index is 0.0416. The Morgan fingerprint density at radius 1 is 1.44 bits per heavy atom. The van der Waals surface area contributed by atoms with Crippen molar-refractivity contribution in [3.05, 3.63) is 0 Å². The van der Waals surface area contributed by atoms with E-state index in [2.05, 4.69) is 19.2 Å². The summed E-state index contributed by atoms with van der Waals surface area (Å²) in [6.07, 6.45) is 6.09. The number of hydrogen-bond acceptors (Lipinski definition) is 2. The Labute approximate surface area is 116 Å². The van der Waals surface area contributed by atoms with Gasteiger partial charge in [0.15, 0.2) is 0 Å². The Bertz CT molecular complexity index is 240. The maximum absolute atomic E-state index is 11.7. The van der Waals surface area contributed by atoms with Crippen molar-refractivity contribution in [2.24, 2.45) is 5.92 Å². The van der Waals surface area contributed by atoms with E-state index in [1.165, 1.54) is 6.42 Å². The number of alkyl halides is 1. The van der Waals surface area contributed by atoms with Crippen LogP contribution in [0.2, 0.25) is 0 Å². The summed E-state index contributed by atoms with van der Waals surface area (Å²) in [7, 11) is 0. The normalized spacial score (nSPS) is 21.9. The average molecular weight is 276 g/mol. The lowest BCUT2D eigenvalue weighted by Crippen LogP contribution is -2.31. The van der Waals surface area contributed by atoms with Crippen LogP contribution in [-0.4, -0.2) is 30.5 Å². The molecule has 0 aromatic heterocycles. The molecule has 1 N–H and O–H groups in total. The summed E-state index contributed by atoms with van der Waals surface area (Å²) in [4.78, 5) is 11.7. The van der Waals surface area contributed by atoms with Gasteiger partial charge in [0.1, 0.15) is 0 Å². The maximum atomic E-state index is 11.7. The highest BCUT2D eigenvalue weighted by molar-refractivity contribution is 6.20. The molecule has 0 spiro atoms. The van der Waals surface area contributed by atoms with Gasteiger partial charge in [-0.3, -0.25) is 4.79 Å². The molecule has 0 aromatic carbocycles. The van der Waals surface area contributed by atoms with Gasteiger partial charge in [-0.25, -0.2) is 0 Å².